The lowest BCUT2D eigenvalue weighted by atomic mass is 10.2. The SMILES string of the molecule is Nc1ccc(S(=O)(=O)NCc2ccccc2)cc1N. The average Bonchev–Trinajstić information content (AvgIpc) is 2.41. The van der Waals surface area contributed by atoms with E-state index in [1.165, 1.54) is 18.2 Å². The van der Waals surface area contributed by atoms with Gasteiger partial charge in [0, 0.05) is 6.54 Å². The molecule has 0 amide bonds. The third-order valence-corrected chi connectivity index (χ3v) is 4.08. The van der Waals surface area contributed by atoms with E-state index >= 15 is 0 Å². The summed E-state index contributed by atoms with van der Waals surface area (Å²) in [6.45, 7) is 0.230. The largest absolute Gasteiger partial charge is 0.397 e. The van der Waals surface area contributed by atoms with Crippen molar-refractivity contribution in [2.24, 2.45) is 0 Å². The van der Waals surface area contributed by atoms with Crippen LogP contribution in [-0.2, 0) is 16.6 Å². The molecule has 0 saturated heterocycles. The van der Waals surface area contributed by atoms with Gasteiger partial charge >= 0.3 is 0 Å². The molecule has 0 saturated carbocycles. The number of hydrogen-bond donors (Lipinski definition) is 3. The van der Waals surface area contributed by atoms with Gasteiger partial charge in [-0.3, -0.25) is 0 Å². The normalized spacial score (nSPS) is 11.4. The minimum absolute atomic E-state index is 0.107. The topological polar surface area (TPSA) is 98.2 Å². The Morgan fingerprint density at radius 1 is 0.947 bits per heavy atom. The van der Waals surface area contributed by atoms with Gasteiger partial charge in [-0.05, 0) is 23.8 Å². The maximum Gasteiger partial charge on any atom is 0.240 e. The number of benzene rings is 2. The minimum Gasteiger partial charge on any atom is -0.397 e. The predicted molar refractivity (Wildman–Crippen MR) is 75.7 cm³/mol. The van der Waals surface area contributed by atoms with E-state index in [2.05, 4.69) is 4.72 Å². The second-order valence-corrected chi connectivity index (χ2v) is 5.87. The van der Waals surface area contributed by atoms with E-state index in [9.17, 15) is 8.42 Å². The Kier molecular flexibility index (Phi) is 3.73. The molecule has 0 fully saturated rings. The van der Waals surface area contributed by atoms with Crippen LogP contribution in [0, 0.1) is 0 Å². The standard InChI is InChI=1S/C13H15N3O2S/c14-12-7-6-11(8-13(12)15)19(17,18)16-9-10-4-2-1-3-5-10/h1-8,16H,9,14-15H2. The van der Waals surface area contributed by atoms with E-state index in [4.69, 9.17) is 11.5 Å². The van der Waals surface area contributed by atoms with Crippen LogP contribution in [0.25, 0.3) is 0 Å². The Bertz CT molecular complexity index is 670. The molecule has 0 aliphatic heterocycles. The monoisotopic (exact) mass is 277 g/mol. The molecule has 0 aliphatic rings. The number of nitrogen functional groups attached to an aromatic ring is 2. The predicted octanol–water partition coefficient (Wildman–Crippen LogP) is 1.33. The number of nitrogens with two attached hydrogens (primary N) is 2. The molecule has 0 spiro atoms. The van der Waals surface area contributed by atoms with Crippen LogP contribution in [0.3, 0.4) is 0 Å². The lowest BCUT2D eigenvalue weighted by molar-refractivity contribution is 0.581. The van der Waals surface area contributed by atoms with Crippen molar-refractivity contribution in [1.29, 1.82) is 0 Å². The molecule has 5 nitrogen and oxygen atoms in total. The highest BCUT2D eigenvalue weighted by Crippen LogP contribution is 2.19. The summed E-state index contributed by atoms with van der Waals surface area (Å²) in [5.74, 6) is 0. The van der Waals surface area contributed by atoms with Gasteiger partial charge < -0.3 is 11.5 Å². The summed E-state index contributed by atoms with van der Waals surface area (Å²) < 4.78 is 26.6. The third kappa shape index (κ3) is 3.24. The van der Waals surface area contributed by atoms with Crippen LogP contribution >= 0.6 is 0 Å². The molecule has 0 aromatic heterocycles. The van der Waals surface area contributed by atoms with Gasteiger partial charge in [-0.2, -0.15) is 0 Å². The van der Waals surface area contributed by atoms with E-state index in [-0.39, 0.29) is 17.1 Å². The van der Waals surface area contributed by atoms with Crippen LogP contribution < -0.4 is 16.2 Å². The molecule has 2 aromatic carbocycles. The fourth-order valence-electron chi connectivity index (χ4n) is 1.58. The number of rotatable bonds is 4. The summed E-state index contributed by atoms with van der Waals surface area (Å²) in [5.41, 5.74) is 12.7. The molecule has 0 unspecified atom stereocenters. The van der Waals surface area contributed by atoms with Crippen molar-refractivity contribution >= 4 is 21.4 Å². The average molecular weight is 277 g/mol. The molecule has 0 atom stereocenters. The minimum atomic E-state index is -3.58. The first kappa shape index (κ1) is 13.4. The summed E-state index contributed by atoms with van der Waals surface area (Å²) in [5, 5.41) is 0. The molecule has 0 radical (unpaired) electrons. The lowest BCUT2D eigenvalue weighted by Gasteiger charge is -2.08. The van der Waals surface area contributed by atoms with E-state index in [0.29, 0.717) is 5.69 Å². The maximum absolute atomic E-state index is 12.1. The smallest absolute Gasteiger partial charge is 0.240 e. The van der Waals surface area contributed by atoms with Crippen molar-refractivity contribution in [2.75, 3.05) is 11.5 Å². The van der Waals surface area contributed by atoms with Crippen LogP contribution in [-0.4, -0.2) is 8.42 Å². The molecule has 0 heterocycles. The highest BCUT2D eigenvalue weighted by atomic mass is 32.2. The number of hydrogen-bond acceptors (Lipinski definition) is 4. The number of sulfonamides is 1. The Morgan fingerprint density at radius 2 is 1.63 bits per heavy atom. The van der Waals surface area contributed by atoms with Crippen LogP contribution in [0.1, 0.15) is 5.56 Å². The summed E-state index contributed by atoms with van der Waals surface area (Å²) in [4.78, 5) is 0.107. The molecular weight excluding hydrogens is 262 g/mol. The van der Waals surface area contributed by atoms with E-state index in [0.717, 1.165) is 5.56 Å². The van der Waals surface area contributed by atoms with Gasteiger partial charge in [-0.1, -0.05) is 30.3 Å². The Labute approximate surface area is 112 Å². The molecule has 0 bridgehead atoms. The fourth-order valence-corrected chi connectivity index (χ4v) is 2.63. The summed E-state index contributed by atoms with van der Waals surface area (Å²) in [6.07, 6.45) is 0. The molecule has 2 rings (SSSR count). The van der Waals surface area contributed by atoms with Crippen molar-refractivity contribution in [3.05, 3.63) is 54.1 Å². The Hall–Kier alpha value is -2.05. The zero-order valence-electron chi connectivity index (χ0n) is 10.2. The van der Waals surface area contributed by atoms with E-state index in [1.54, 1.807) is 0 Å². The molecule has 5 N–H and O–H groups in total. The van der Waals surface area contributed by atoms with Crippen molar-refractivity contribution in [1.82, 2.24) is 4.72 Å². The van der Waals surface area contributed by atoms with E-state index < -0.39 is 10.0 Å². The van der Waals surface area contributed by atoms with E-state index in [1.807, 2.05) is 30.3 Å². The first-order valence-corrected chi connectivity index (χ1v) is 7.16. The van der Waals surface area contributed by atoms with Gasteiger partial charge in [0.15, 0.2) is 0 Å². The molecule has 2 aromatic rings. The maximum atomic E-state index is 12.1. The van der Waals surface area contributed by atoms with Crippen LogP contribution in [0.2, 0.25) is 0 Å². The Morgan fingerprint density at radius 3 is 2.26 bits per heavy atom. The van der Waals surface area contributed by atoms with Gasteiger partial charge in [0.05, 0.1) is 16.3 Å². The molecule has 0 aliphatic carbocycles. The summed E-state index contributed by atoms with van der Waals surface area (Å²) >= 11 is 0. The van der Waals surface area contributed by atoms with Crippen molar-refractivity contribution < 1.29 is 8.42 Å². The van der Waals surface area contributed by atoms with Crippen molar-refractivity contribution in [2.45, 2.75) is 11.4 Å². The lowest BCUT2D eigenvalue weighted by Crippen LogP contribution is -2.23. The van der Waals surface area contributed by atoms with Crippen LogP contribution in [0.15, 0.2) is 53.4 Å². The van der Waals surface area contributed by atoms with Gasteiger partial charge in [-0.25, -0.2) is 13.1 Å². The summed E-state index contributed by atoms with van der Waals surface area (Å²) in [6, 6.07) is 13.5. The number of nitrogens with one attached hydrogen (secondary N) is 1. The molecule has 6 heteroatoms. The molecule has 19 heavy (non-hydrogen) atoms. The van der Waals surface area contributed by atoms with Gasteiger partial charge in [0.25, 0.3) is 0 Å². The molecule has 100 valence electrons. The van der Waals surface area contributed by atoms with Crippen molar-refractivity contribution in [3.8, 4) is 0 Å². The van der Waals surface area contributed by atoms with Crippen molar-refractivity contribution in [3.63, 3.8) is 0 Å². The van der Waals surface area contributed by atoms with Gasteiger partial charge in [0.1, 0.15) is 0 Å². The summed E-state index contributed by atoms with van der Waals surface area (Å²) in [7, 11) is -3.58. The quantitative estimate of drug-likeness (QED) is 0.734. The first-order valence-electron chi connectivity index (χ1n) is 5.67. The Balaban J connectivity index is 2.16. The zero-order chi connectivity index (χ0) is 13.9. The molecular formula is C13H15N3O2S. The fraction of sp³-hybridized carbons (Fsp3) is 0.0769. The third-order valence-electron chi connectivity index (χ3n) is 2.68. The second-order valence-electron chi connectivity index (χ2n) is 4.10. The zero-order valence-corrected chi connectivity index (χ0v) is 11.0. The van der Waals surface area contributed by atoms with Crippen LogP contribution in [0.4, 0.5) is 11.4 Å². The van der Waals surface area contributed by atoms with Gasteiger partial charge in [0.2, 0.25) is 10.0 Å². The first-order chi connectivity index (χ1) is 8.99. The highest BCUT2D eigenvalue weighted by molar-refractivity contribution is 7.89. The van der Waals surface area contributed by atoms with Crippen LogP contribution in [0.5, 0.6) is 0 Å². The number of anilines is 2. The van der Waals surface area contributed by atoms with Gasteiger partial charge in [-0.15, -0.1) is 0 Å². The highest BCUT2D eigenvalue weighted by Gasteiger charge is 2.14. The second kappa shape index (κ2) is 5.29.